The molecule has 0 bridgehead atoms. The van der Waals surface area contributed by atoms with Gasteiger partial charge in [-0.25, -0.2) is 4.79 Å². The molecule has 0 saturated heterocycles. The van der Waals surface area contributed by atoms with Crippen molar-refractivity contribution in [3.63, 3.8) is 0 Å². The number of carboxylic acid groups (broad SMARTS) is 1. The highest BCUT2D eigenvalue weighted by atomic mass is 16.5. The predicted molar refractivity (Wildman–Crippen MR) is 64.8 cm³/mol. The number of rotatable bonds is 7. The first-order chi connectivity index (χ1) is 8.29. The topological polar surface area (TPSA) is 92.7 Å². The van der Waals surface area contributed by atoms with Crippen molar-refractivity contribution in [2.45, 2.75) is 40.2 Å². The van der Waals surface area contributed by atoms with Crippen LogP contribution in [0.4, 0.5) is 0 Å². The van der Waals surface area contributed by atoms with E-state index in [2.05, 4.69) is 5.32 Å². The van der Waals surface area contributed by atoms with Crippen LogP contribution < -0.4 is 5.32 Å². The van der Waals surface area contributed by atoms with Crippen LogP contribution in [0.15, 0.2) is 0 Å². The van der Waals surface area contributed by atoms with Crippen molar-refractivity contribution < 1.29 is 24.2 Å². The molecule has 0 fully saturated rings. The fourth-order valence-corrected chi connectivity index (χ4v) is 1.29. The highest BCUT2D eigenvalue weighted by Crippen LogP contribution is 2.09. The minimum absolute atomic E-state index is 0.0205. The molecule has 0 rings (SSSR count). The number of carbonyl (C=O) groups excluding carboxylic acids is 2. The van der Waals surface area contributed by atoms with E-state index >= 15 is 0 Å². The lowest BCUT2D eigenvalue weighted by molar-refractivity contribution is -0.149. The predicted octanol–water partition coefficient (Wildman–Crippen LogP) is 0.801. The van der Waals surface area contributed by atoms with Gasteiger partial charge in [-0.1, -0.05) is 20.8 Å². The summed E-state index contributed by atoms with van der Waals surface area (Å²) in [4.78, 5) is 33.8. The smallest absolute Gasteiger partial charge is 0.326 e. The van der Waals surface area contributed by atoms with Gasteiger partial charge in [-0.05, 0) is 13.3 Å². The molecule has 1 amide bonds. The van der Waals surface area contributed by atoms with Crippen molar-refractivity contribution >= 4 is 17.8 Å². The maximum atomic E-state index is 11.4. The summed E-state index contributed by atoms with van der Waals surface area (Å²) in [5, 5.41) is 11.4. The van der Waals surface area contributed by atoms with Gasteiger partial charge in [0.05, 0.1) is 12.5 Å². The first-order valence-electron chi connectivity index (χ1n) is 5.99. The monoisotopic (exact) mass is 259 g/mol. The van der Waals surface area contributed by atoms with Crippen LogP contribution in [0.5, 0.6) is 0 Å². The molecule has 104 valence electrons. The first-order valence-corrected chi connectivity index (χ1v) is 5.99. The highest BCUT2D eigenvalue weighted by molar-refractivity contribution is 5.85. The fraction of sp³-hybridized carbons (Fsp3) is 0.750. The van der Waals surface area contributed by atoms with E-state index in [0.29, 0.717) is 0 Å². The van der Waals surface area contributed by atoms with Crippen molar-refractivity contribution in [1.29, 1.82) is 0 Å². The molecule has 0 aromatic rings. The van der Waals surface area contributed by atoms with E-state index in [1.807, 2.05) is 0 Å². The quantitative estimate of drug-likeness (QED) is 0.660. The average molecular weight is 259 g/mol. The maximum Gasteiger partial charge on any atom is 0.326 e. The van der Waals surface area contributed by atoms with Crippen LogP contribution in [-0.4, -0.2) is 35.6 Å². The Morgan fingerprint density at radius 2 is 1.78 bits per heavy atom. The standard InChI is InChI=1S/C12H21NO5/c1-5-18-12(17)8(4)6-9(11(15)16)13-10(14)7(2)3/h7-9H,5-6H2,1-4H3,(H,13,14)(H,15,16)/t8-,9+/m1/s1. The zero-order valence-corrected chi connectivity index (χ0v) is 11.2. The normalized spacial score (nSPS) is 13.8. The van der Waals surface area contributed by atoms with Crippen LogP contribution in [0.1, 0.15) is 34.1 Å². The highest BCUT2D eigenvalue weighted by Gasteiger charge is 2.26. The van der Waals surface area contributed by atoms with Crippen LogP contribution in [0, 0.1) is 11.8 Å². The number of ether oxygens (including phenoxy) is 1. The summed E-state index contributed by atoms with van der Waals surface area (Å²) in [7, 11) is 0. The molecular weight excluding hydrogens is 238 g/mol. The molecule has 6 heteroatoms. The SMILES string of the molecule is CCOC(=O)[C@H](C)C[C@H](NC(=O)C(C)C)C(=O)O. The number of carbonyl (C=O) groups is 3. The van der Waals surface area contributed by atoms with Gasteiger partial charge in [-0.3, -0.25) is 9.59 Å². The Morgan fingerprint density at radius 1 is 1.22 bits per heavy atom. The van der Waals surface area contributed by atoms with Gasteiger partial charge < -0.3 is 15.2 Å². The van der Waals surface area contributed by atoms with Gasteiger partial charge >= 0.3 is 11.9 Å². The summed E-state index contributed by atoms with van der Waals surface area (Å²) in [6.45, 7) is 6.85. The minimum Gasteiger partial charge on any atom is -0.480 e. The Balaban J connectivity index is 4.49. The molecule has 0 aromatic heterocycles. The van der Waals surface area contributed by atoms with E-state index in [1.165, 1.54) is 0 Å². The summed E-state index contributed by atoms with van der Waals surface area (Å²) in [5.41, 5.74) is 0. The van der Waals surface area contributed by atoms with Crippen molar-refractivity contribution in [2.75, 3.05) is 6.61 Å². The number of esters is 1. The van der Waals surface area contributed by atoms with Crippen molar-refractivity contribution in [3.05, 3.63) is 0 Å². The molecule has 6 nitrogen and oxygen atoms in total. The van der Waals surface area contributed by atoms with Crippen LogP contribution in [0.3, 0.4) is 0 Å². The van der Waals surface area contributed by atoms with Gasteiger partial charge in [-0.15, -0.1) is 0 Å². The number of hydrogen-bond donors (Lipinski definition) is 2. The Labute approximate surface area is 107 Å². The lowest BCUT2D eigenvalue weighted by Crippen LogP contribution is -2.44. The second-order valence-electron chi connectivity index (χ2n) is 4.44. The zero-order valence-electron chi connectivity index (χ0n) is 11.2. The number of carboxylic acids is 1. The molecular formula is C12H21NO5. The molecule has 0 aliphatic rings. The van der Waals surface area contributed by atoms with Crippen molar-refractivity contribution in [3.8, 4) is 0 Å². The Kier molecular flexibility index (Phi) is 7.00. The molecule has 2 N–H and O–H groups in total. The number of amides is 1. The van der Waals surface area contributed by atoms with E-state index < -0.39 is 23.9 Å². The van der Waals surface area contributed by atoms with Gasteiger partial charge in [0.1, 0.15) is 6.04 Å². The second kappa shape index (κ2) is 7.68. The average Bonchev–Trinajstić information content (AvgIpc) is 2.27. The van der Waals surface area contributed by atoms with E-state index in [4.69, 9.17) is 9.84 Å². The summed E-state index contributed by atoms with van der Waals surface area (Å²) in [5.74, 6) is -2.83. The fourth-order valence-electron chi connectivity index (χ4n) is 1.29. The van der Waals surface area contributed by atoms with Crippen molar-refractivity contribution in [2.24, 2.45) is 11.8 Å². The molecule has 0 spiro atoms. The maximum absolute atomic E-state index is 11.4. The number of aliphatic carboxylic acids is 1. The third-order valence-electron chi connectivity index (χ3n) is 2.42. The molecule has 0 aliphatic heterocycles. The third kappa shape index (κ3) is 5.65. The first kappa shape index (κ1) is 16.4. The summed E-state index contributed by atoms with van der Waals surface area (Å²) in [6.07, 6.45) is 0.0205. The third-order valence-corrected chi connectivity index (χ3v) is 2.42. The van der Waals surface area contributed by atoms with E-state index in [1.54, 1.807) is 27.7 Å². The molecule has 0 aromatic carbocycles. The van der Waals surface area contributed by atoms with Gasteiger partial charge in [-0.2, -0.15) is 0 Å². The Bertz CT molecular complexity index is 314. The van der Waals surface area contributed by atoms with E-state index in [-0.39, 0.29) is 24.9 Å². The molecule has 0 saturated carbocycles. The van der Waals surface area contributed by atoms with Crippen molar-refractivity contribution in [1.82, 2.24) is 5.32 Å². The van der Waals surface area contributed by atoms with Gasteiger partial charge in [0, 0.05) is 5.92 Å². The lowest BCUT2D eigenvalue weighted by atomic mass is 10.0. The second-order valence-corrected chi connectivity index (χ2v) is 4.44. The van der Waals surface area contributed by atoms with Gasteiger partial charge in [0.15, 0.2) is 0 Å². The summed E-state index contributed by atoms with van der Waals surface area (Å²) in [6, 6.07) is -1.07. The molecule has 18 heavy (non-hydrogen) atoms. The zero-order chi connectivity index (χ0) is 14.3. The van der Waals surface area contributed by atoms with Gasteiger partial charge in [0.2, 0.25) is 5.91 Å². The molecule has 0 heterocycles. The van der Waals surface area contributed by atoms with E-state index in [9.17, 15) is 14.4 Å². The Hall–Kier alpha value is -1.59. The van der Waals surface area contributed by atoms with Crippen LogP contribution in [-0.2, 0) is 19.1 Å². The molecule has 0 aliphatic carbocycles. The van der Waals surface area contributed by atoms with Crippen LogP contribution in [0.2, 0.25) is 0 Å². The molecule has 0 radical (unpaired) electrons. The van der Waals surface area contributed by atoms with E-state index in [0.717, 1.165) is 0 Å². The van der Waals surface area contributed by atoms with Gasteiger partial charge in [0.25, 0.3) is 0 Å². The minimum atomic E-state index is -1.15. The summed E-state index contributed by atoms with van der Waals surface area (Å²) >= 11 is 0. The largest absolute Gasteiger partial charge is 0.480 e. The summed E-state index contributed by atoms with van der Waals surface area (Å²) < 4.78 is 4.79. The van der Waals surface area contributed by atoms with Crippen LogP contribution >= 0.6 is 0 Å². The lowest BCUT2D eigenvalue weighted by Gasteiger charge is -2.19. The number of nitrogens with one attached hydrogen (secondary N) is 1. The molecule has 2 atom stereocenters. The Morgan fingerprint density at radius 3 is 2.17 bits per heavy atom. The number of hydrogen-bond acceptors (Lipinski definition) is 4. The molecule has 0 unspecified atom stereocenters. The van der Waals surface area contributed by atoms with Crippen LogP contribution in [0.25, 0.3) is 0 Å².